The highest BCUT2D eigenvalue weighted by atomic mass is 16.8. The van der Waals surface area contributed by atoms with Gasteiger partial charge in [0, 0.05) is 37.3 Å². The molecule has 2 saturated heterocycles. The molecule has 6 rings (SSSR count). The first-order valence-corrected chi connectivity index (χ1v) is 13.0. The van der Waals surface area contributed by atoms with E-state index in [4.69, 9.17) is 14.3 Å². The Kier molecular flexibility index (Phi) is 5.82. The van der Waals surface area contributed by atoms with Crippen LogP contribution in [0.2, 0.25) is 0 Å². The van der Waals surface area contributed by atoms with Crippen LogP contribution in [0.4, 0.5) is 10.5 Å². The minimum Gasteiger partial charge on any atom is -0.449 e. The van der Waals surface area contributed by atoms with Crippen LogP contribution in [-0.4, -0.2) is 73.9 Å². The maximum absolute atomic E-state index is 13.7. The molecule has 9 nitrogen and oxygen atoms in total. The summed E-state index contributed by atoms with van der Waals surface area (Å²) in [5.41, 5.74) is 2.42. The molecule has 0 radical (unpaired) electrons. The summed E-state index contributed by atoms with van der Waals surface area (Å²) in [5, 5.41) is 1.63. The van der Waals surface area contributed by atoms with Crippen molar-refractivity contribution >= 4 is 23.7 Å². The van der Waals surface area contributed by atoms with E-state index in [1.54, 1.807) is 18.1 Å². The summed E-state index contributed by atoms with van der Waals surface area (Å²) >= 11 is 0. The largest absolute Gasteiger partial charge is 0.527 e. The van der Waals surface area contributed by atoms with Crippen LogP contribution < -0.4 is 4.90 Å². The number of rotatable bonds is 5. The SMILES string of the molecule is CCOC(=O)ON1CCN(c2ccc(C3(C(=O)N4CCC5(C4)OC(=O)c4ccccc45)CC3)cc2)CC1. The number of ether oxygens (including phenoxy) is 2. The Hall–Kier alpha value is -3.59. The highest BCUT2D eigenvalue weighted by molar-refractivity contribution is 5.96. The van der Waals surface area contributed by atoms with Gasteiger partial charge in [-0.05, 0) is 43.5 Å². The number of piperazine rings is 1. The number of amides is 1. The van der Waals surface area contributed by atoms with E-state index < -0.39 is 17.2 Å². The van der Waals surface area contributed by atoms with Gasteiger partial charge in [0.05, 0.1) is 37.2 Å². The predicted molar refractivity (Wildman–Crippen MR) is 134 cm³/mol. The van der Waals surface area contributed by atoms with Crippen LogP contribution in [0, 0.1) is 0 Å². The first-order chi connectivity index (χ1) is 17.9. The lowest BCUT2D eigenvalue weighted by molar-refractivity contribution is -0.134. The second-order valence-corrected chi connectivity index (χ2v) is 10.2. The Labute approximate surface area is 215 Å². The molecule has 0 bridgehead atoms. The first kappa shape index (κ1) is 23.8. The quantitative estimate of drug-likeness (QED) is 0.573. The smallest absolute Gasteiger partial charge is 0.449 e. The van der Waals surface area contributed by atoms with Gasteiger partial charge >= 0.3 is 12.1 Å². The summed E-state index contributed by atoms with van der Waals surface area (Å²) in [5.74, 6) is -0.169. The van der Waals surface area contributed by atoms with Crippen LogP contribution in [0.15, 0.2) is 48.5 Å². The predicted octanol–water partition coefficient (Wildman–Crippen LogP) is 3.23. The Morgan fingerprint density at radius 1 is 0.946 bits per heavy atom. The van der Waals surface area contributed by atoms with Crippen LogP contribution >= 0.6 is 0 Å². The maximum Gasteiger partial charge on any atom is 0.527 e. The minimum atomic E-state index is -0.720. The number of fused-ring (bicyclic) bond motifs is 2. The normalized spacial score (nSPS) is 24.1. The molecule has 2 aromatic carbocycles. The van der Waals surface area contributed by atoms with Gasteiger partial charge in [0.2, 0.25) is 5.91 Å². The number of nitrogens with zero attached hydrogens (tertiary/aromatic N) is 3. The second-order valence-electron chi connectivity index (χ2n) is 10.2. The first-order valence-electron chi connectivity index (χ1n) is 13.0. The highest BCUT2D eigenvalue weighted by Crippen LogP contribution is 2.52. The Morgan fingerprint density at radius 2 is 1.68 bits per heavy atom. The molecule has 4 aliphatic rings. The lowest BCUT2D eigenvalue weighted by Crippen LogP contribution is -2.47. The lowest BCUT2D eigenvalue weighted by atomic mass is 9.91. The van der Waals surface area contributed by atoms with Crippen molar-refractivity contribution in [2.75, 3.05) is 50.8 Å². The molecule has 1 spiro atoms. The van der Waals surface area contributed by atoms with Gasteiger partial charge in [-0.2, -0.15) is 0 Å². The lowest BCUT2D eigenvalue weighted by Gasteiger charge is -2.34. The number of likely N-dealkylation sites (tertiary alicyclic amines) is 1. The van der Waals surface area contributed by atoms with Gasteiger partial charge < -0.3 is 24.1 Å². The Balaban J connectivity index is 1.10. The monoisotopic (exact) mass is 505 g/mol. The summed E-state index contributed by atoms with van der Waals surface area (Å²) in [6.45, 7) is 5.65. The zero-order valence-electron chi connectivity index (χ0n) is 21.0. The zero-order chi connectivity index (χ0) is 25.6. The Bertz CT molecular complexity index is 1220. The van der Waals surface area contributed by atoms with Crippen LogP contribution in [0.5, 0.6) is 0 Å². The van der Waals surface area contributed by atoms with Crippen molar-refractivity contribution in [2.24, 2.45) is 0 Å². The van der Waals surface area contributed by atoms with Crippen molar-refractivity contribution in [1.29, 1.82) is 0 Å². The van der Waals surface area contributed by atoms with E-state index in [-0.39, 0.29) is 18.5 Å². The molecule has 194 valence electrons. The van der Waals surface area contributed by atoms with Crippen LogP contribution in [0.3, 0.4) is 0 Å². The summed E-state index contributed by atoms with van der Waals surface area (Å²) in [6, 6.07) is 15.8. The summed E-state index contributed by atoms with van der Waals surface area (Å²) in [7, 11) is 0. The van der Waals surface area contributed by atoms with Crippen LogP contribution in [-0.2, 0) is 30.1 Å². The molecule has 3 fully saturated rings. The number of carbonyl (C=O) groups excluding carboxylic acids is 3. The summed E-state index contributed by atoms with van der Waals surface area (Å²) in [4.78, 5) is 47.0. The van der Waals surface area contributed by atoms with E-state index in [1.807, 2.05) is 23.1 Å². The number of benzene rings is 2. The molecular weight excluding hydrogens is 474 g/mol. The minimum absolute atomic E-state index is 0.127. The van der Waals surface area contributed by atoms with Crippen molar-refractivity contribution in [1.82, 2.24) is 9.96 Å². The third-order valence-corrected chi connectivity index (χ3v) is 8.09. The number of carbonyl (C=O) groups is 3. The maximum atomic E-state index is 13.7. The van der Waals surface area contributed by atoms with Gasteiger partial charge in [0.25, 0.3) is 0 Å². The number of hydroxylamine groups is 2. The molecule has 1 aliphatic carbocycles. The van der Waals surface area contributed by atoms with Gasteiger partial charge in [-0.3, -0.25) is 4.79 Å². The number of hydrogen-bond donors (Lipinski definition) is 0. The molecule has 0 N–H and O–H groups in total. The molecule has 1 saturated carbocycles. The summed E-state index contributed by atoms with van der Waals surface area (Å²) in [6.07, 6.45) is 1.62. The fraction of sp³-hybridized carbons (Fsp3) is 0.464. The third kappa shape index (κ3) is 4.11. The molecule has 1 unspecified atom stereocenters. The molecular formula is C28H31N3O6. The molecule has 9 heteroatoms. The van der Waals surface area contributed by atoms with Crippen LogP contribution in [0.25, 0.3) is 0 Å². The second kappa shape index (κ2) is 9.06. The average Bonchev–Trinajstić information content (AvgIpc) is 3.55. The van der Waals surface area contributed by atoms with Crippen molar-refractivity contribution in [3.63, 3.8) is 0 Å². The zero-order valence-corrected chi connectivity index (χ0v) is 21.0. The van der Waals surface area contributed by atoms with Gasteiger partial charge in [-0.1, -0.05) is 30.3 Å². The van der Waals surface area contributed by atoms with E-state index in [0.717, 1.165) is 42.7 Å². The van der Waals surface area contributed by atoms with Crippen molar-refractivity contribution < 1.29 is 28.7 Å². The van der Waals surface area contributed by atoms with Gasteiger partial charge in [-0.25, -0.2) is 9.59 Å². The van der Waals surface area contributed by atoms with Gasteiger partial charge in [-0.15, -0.1) is 5.06 Å². The van der Waals surface area contributed by atoms with E-state index in [9.17, 15) is 14.4 Å². The number of anilines is 1. The molecule has 3 heterocycles. The van der Waals surface area contributed by atoms with Gasteiger partial charge in [0.1, 0.15) is 0 Å². The molecule has 2 aromatic rings. The standard InChI is InChI=1S/C28H31N3O6/c1-2-35-26(34)37-31-17-15-29(16-18-31)21-9-7-20(8-10-21)27(11-12-27)25(33)30-14-13-28(19-30)23-6-4-3-5-22(23)24(32)36-28/h3-10H,2,11-19H2,1H3. The molecule has 1 amide bonds. The summed E-state index contributed by atoms with van der Waals surface area (Å²) < 4.78 is 10.7. The van der Waals surface area contributed by atoms with E-state index in [2.05, 4.69) is 29.2 Å². The number of esters is 1. The van der Waals surface area contributed by atoms with Crippen molar-refractivity contribution in [2.45, 2.75) is 37.2 Å². The molecule has 37 heavy (non-hydrogen) atoms. The highest BCUT2D eigenvalue weighted by Gasteiger charge is 2.57. The van der Waals surface area contributed by atoms with E-state index in [0.29, 0.717) is 38.2 Å². The Morgan fingerprint density at radius 3 is 2.38 bits per heavy atom. The third-order valence-electron chi connectivity index (χ3n) is 8.09. The topological polar surface area (TPSA) is 88.6 Å². The fourth-order valence-electron chi connectivity index (χ4n) is 5.94. The fourth-order valence-corrected chi connectivity index (χ4v) is 5.94. The average molecular weight is 506 g/mol. The molecule has 3 aliphatic heterocycles. The van der Waals surface area contributed by atoms with Crippen molar-refractivity contribution in [3.05, 3.63) is 65.2 Å². The molecule has 0 aromatic heterocycles. The van der Waals surface area contributed by atoms with E-state index >= 15 is 0 Å². The molecule has 1 atom stereocenters. The van der Waals surface area contributed by atoms with E-state index in [1.165, 1.54) is 0 Å². The van der Waals surface area contributed by atoms with Crippen molar-refractivity contribution in [3.8, 4) is 0 Å². The number of hydrogen-bond acceptors (Lipinski definition) is 8. The van der Waals surface area contributed by atoms with Crippen LogP contribution in [0.1, 0.15) is 47.7 Å². The van der Waals surface area contributed by atoms with Gasteiger partial charge in [0.15, 0.2) is 5.60 Å².